The molecule has 0 radical (unpaired) electrons. The van der Waals surface area contributed by atoms with E-state index in [0.29, 0.717) is 0 Å². The van der Waals surface area contributed by atoms with Crippen molar-refractivity contribution in [1.29, 1.82) is 0 Å². The minimum absolute atomic E-state index is 0.0162. The van der Waals surface area contributed by atoms with Gasteiger partial charge in [0.05, 0.1) is 0 Å². The lowest BCUT2D eigenvalue weighted by Crippen LogP contribution is -1.96. The van der Waals surface area contributed by atoms with E-state index in [0.717, 1.165) is 0 Å². The number of aliphatic hydroxyl groups excluding tert-OH is 1. The van der Waals surface area contributed by atoms with Gasteiger partial charge >= 0.3 is 0 Å². The van der Waals surface area contributed by atoms with Crippen molar-refractivity contribution < 1.29 is 9.90 Å². The van der Waals surface area contributed by atoms with Crippen LogP contribution in [0.15, 0.2) is 21.7 Å². The van der Waals surface area contributed by atoms with Gasteiger partial charge in [0, 0.05) is 14.0 Å². The largest absolute Gasteiger partial charge is 0.510 e. The lowest BCUT2D eigenvalue weighted by atomic mass is 10.3. The number of azo groups is 1. The van der Waals surface area contributed by atoms with Crippen LogP contribution in [0.3, 0.4) is 0 Å². The number of carbonyl (C=O) groups excluding carboxylic acids is 1. The highest BCUT2D eigenvalue weighted by Crippen LogP contribution is 2.03. The highest BCUT2D eigenvalue weighted by atomic mass is 16.3. The van der Waals surface area contributed by atoms with E-state index in [1.807, 2.05) is 0 Å². The van der Waals surface area contributed by atoms with E-state index in [9.17, 15) is 4.79 Å². The number of nitrogens with zero attached hydrogens (tertiary/aromatic N) is 2. The molecule has 0 bridgehead atoms. The lowest BCUT2D eigenvalue weighted by molar-refractivity contribution is -0.113. The van der Waals surface area contributed by atoms with Crippen LogP contribution < -0.4 is 0 Å². The minimum atomic E-state index is -0.286. The summed E-state index contributed by atoms with van der Waals surface area (Å²) in [5.74, 6) is -0.385. The number of ketones is 1. The summed E-state index contributed by atoms with van der Waals surface area (Å²) in [7, 11) is 1.44. The molecular formula is C6H10N2O2. The first-order valence-electron chi connectivity index (χ1n) is 2.80. The van der Waals surface area contributed by atoms with E-state index in [-0.39, 0.29) is 17.2 Å². The van der Waals surface area contributed by atoms with E-state index in [1.54, 1.807) is 0 Å². The maximum absolute atomic E-state index is 10.6. The van der Waals surface area contributed by atoms with Gasteiger partial charge in [-0.1, -0.05) is 0 Å². The molecule has 0 amide bonds. The highest BCUT2D eigenvalue weighted by molar-refractivity contribution is 5.93. The Hall–Kier alpha value is -1.19. The van der Waals surface area contributed by atoms with E-state index in [2.05, 4.69) is 10.2 Å². The van der Waals surface area contributed by atoms with Crippen LogP contribution in [0.5, 0.6) is 0 Å². The van der Waals surface area contributed by atoms with Gasteiger partial charge < -0.3 is 5.11 Å². The Balaban J connectivity index is 4.61. The van der Waals surface area contributed by atoms with Gasteiger partial charge in [-0.2, -0.15) is 5.11 Å². The predicted octanol–water partition coefficient (Wildman–Crippen LogP) is 1.45. The summed E-state index contributed by atoms with van der Waals surface area (Å²) >= 11 is 0. The third-order valence-electron chi connectivity index (χ3n) is 0.876. The third-order valence-corrected chi connectivity index (χ3v) is 0.876. The Morgan fingerprint density at radius 3 is 2.00 bits per heavy atom. The Kier molecular flexibility index (Phi) is 3.32. The zero-order valence-corrected chi connectivity index (χ0v) is 6.25. The van der Waals surface area contributed by atoms with E-state index >= 15 is 0 Å². The van der Waals surface area contributed by atoms with Gasteiger partial charge in [-0.05, 0) is 6.92 Å². The molecule has 56 valence electrons. The number of aliphatic hydroxyl groups is 1. The average molecular weight is 142 g/mol. The first-order valence-corrected chi connectivity index (χ1v) is 2.80. The van der Waals surface area contributed by atoms with Crippen molar-refractivity contribution in [2.45, 2.75) is 13.8 Å². The van der Waals surface area contributed by atoms with Crippen LogP contribution in [0.2, 0.25) is 0 Å². The van der Waals surface area contributed by atoms with Crippen LogP contribution >= 0.6 is 0 Å². The summed E-state index contributed by atoms with van der Waals surface area (Å²) in [4.78, 5) is 10.6. The van der Waals surface area contributed by atoms with Crippen molar-refractivity contribution in [3.05, 3.63) is 11.5 Å². The van der Waals surface area contributed by atoms with Gasteiger partial charge in [0.15, 0.2) is 11.5 Å². The summed E-state index contributed by atoms with van der Waals surface area (Å²) < 4.78 is 0. The van der Waals surface area contributed by atoms with Crippen molar-refractivity contribution >= 4 is 5.78 Å². The molecule has 0 atom stereocenters. The molecule has 0 aromatic carbocycles. The van der Waals surface area contributed by atoms with Crippen LogP contribution in [0.4, 0.5) is 0 Å². The van der Waals surface area contributed by atoms with Crippen LogP contribution in [0.1, 0.15) is 13.8 Å². The zero-order chi connectivity index (χ0) is 8.15. The molecule has 0 saturated carbocycles. The number of rotatable bonds is 2. The standard InChI is InChI=1S/C6H10N2O2/c1-4(9)6(5(2)10)8-7-3/h9H,1-3H3/b6-4-,8-7?. The number of hydrogen-bond acceptors (Lipinski definition) is 4. The van der Waals surface area contributed by atoms with Crippen molar-refractivity contribution in [3.8, 4) is 0 Å². The molecule has 0 fully saturated rings. The van der Waals surface area contributed by atoms with Crippen molar-refractivity contribution in [3.63, 3.8) is 0 Å². The van der Waals surface area contributed by atoms with Crippen LogP contribution in [-0.4, -0.2) is 17.9 Å². The summed E-state index contributed by atoms with van der Waals surface area (Å²) in [6.07, 6.45) is 0. The van der Waals surface area contributed by atoms with E-state index in [4.69, 9.17) is 5.11 Å². The second-order valence-corrected chi connectivity index (χ2v) is 1.79. The number of hydrogen-bond donors (Lipinski definition) is 1. The predicted molar refractivity (Wildman–Crippen MR) is 36.8 cm³/mol. The van der Waals surface area contributed by atoms with Crippen LogP contribution in [0, 0.1) is 0 Å². The first-order chi connectivity index (χ1) is 4.59. The fraction of sp³-hybridized carbons (Fsp3) is 0.500. The van der Waals surface area contributed by atoms with E-state index < -0.39 is 0 Å². The summed E-state index contributed by atoms with van der Waals surface area (Å²) in [5.41, 5.74) is 0.0162. The molecule has 0 aromatic rings. The fourth-order valence-corrected chi connectivity index (χ4v) is 0.498. The maximum Gasteiger partial charge on any atom is 0.183 e. The van der Waals surface area contributed by atoms with Gasteiger partial charge in [0.1, 0.15) is 5.76 Å². The summed E-state index contributed by atoms with van der Waals surface area (Å²) in [5, 5.41) is 15.6. The van der Waals surface area contributed by atoms with Crippen molar-refractivity contribution in [2.75, 3.05) is 7.05 Å². The van der Waals surface area contributed by atoms with Gasteiger partial charge in [-0.15, -0.1) is 5.11 Å². The van der Waals surface area contributed by atoms with E-state index in [1.165, 1.54) is 20.9 Å². The maximum atomic E-state index is 10.6. The molecule has 4 heteroatoms. The number of allylic oxidation sites excluding steroid dienone is 2. The molecular weight excluding hydrogens is 132 g/mol. The Bertz CT molecular complexity index is 190. The molecule has 0 rings (SSSR count). The SMILES string of the molecule is CN=N/C(C(C)=O)=C(/C)O. The van der Waals surface area contributed by atoms with Gasteiger partial charge in [0.25, 0.3) is 0 Å². The fourth-order valence-electron chi connectivity index (χ4n) is 0.498. The summed E-state index contributed by atoms with van der Waals surface area (Å²) in [6, 6.07) is 0. The second kappa shape index (κ2) is 3.76. The molecule has 1 N–H and O–H groups in total. The Morgan fingerprint density at radius 2 is 1.90 bits per heavy atom. The van der Waals surface area contributed by atoms with Gasteiger partial charge in [-0.3, -0.25) is 4.79 Å². The molecule has 4 nitrogen and oxygen atoms in total. The first kappa shape index (κ1) is 8.81. The van der Waals surface area contributed by atoms with Gasteiger partial charge in [-0.25, -0.2) is 0 Å². The highest BCUT2D eigenvalue weighted by Gasteiger charge is 2.04. The Morgan fingerprint density at radius 1 is 1.40 bits per heavy atom. The molecule has 0 saturated heterocycles. The quantitative estimate of drug-likeness (QED) is 0.360. The van der Waals surface area contributed by atoms with Crippen molar-refractivity contribution in [2.24, 2.45) is 10.2 Å². The number of carbonyl (C=O) groups is 1. The van der Waals surface area contributed by atoms with Crippen LogP contribution in [0.25, 0.3) is 0 Å². The smallest absolute Gasteiger partial charge is 0.183 e. The lowest BCUT2D eigenvalue weighted by Gasteiger charge is -1.93. The normalized spacial score (nSPS) is 13.5. The molecule has 0 aliphatic rings. The molecule has 10 heavy (non-hydrogen) atoms. The van der Waals surface area contributed by atoms with Crippen molar-refractivity contribution in [1.82, 2.24) is 0 Å². The third kappa shape index (κ3) is 2.39. The molecule has 0 aromatic heterocycles. The van der Waals surface area contributed by atoms with Gasteiger partial charge in [0.2, 0.25) is 0 Å². The zero-order valence-electron chi connectivity index (χ0n) is 6.25. The molecule has 0 unspecified atom stereocenters. The van der Waals surface area contributed by atoms with Crippen LogP contribution in [-0.2, 0) is 4.79 Å². The molecule has 0 aliphatic heterocycles. The summed E-state index contributed by atoms with van der Waals surface area (Å²) in [6.45, 7) is 2.72. The molecule has 0 aliphatic carbocycles. The minimum Gasteiger partial charge on any atom is -0.510 e. The monoisotopic (exact) mass is 142 g/mol. The second-order valence-electron chi connectivity index (χ2n) is 1.79. The topological polar surface area (TPSA) is 62.0 Å². The average Bonchev–Trinajstić information content (AvgIpc) is 1.81. The molecule has 0 heterocycles. The number of Topliss-reactive ketones (excluding diaryl/α,β-unsaturated/α-hetero) is 1. The molecule has 0 spiro atoms. The Labute approximate surface area is 59.3 Å².